The minimum absolute atomic E-state index is 0.320. The van der Waals surface area contributed by atoms with Crippen molar-refractivity contribution in [2.45, 2.75) is 32.1 Å². The van der Waals surface area contributed by atoms with Crippen LogP contribution in [0.3, 0.4) is 0 Å². The lowest BCUT2D eigenvalue weighted by Crippen LogP contribution is -2.46. The third-order valence-electron chi connectivity index (χ3n) is 5.26. The van der Waals surface area contributed by atoms with Gasteiger partial charge in [0.05, 0.1) is 13.2 Å². The Morgan fingerprint density at radius 1 is 1.16 bits per heavy atom. The molecule has 0 saturated carbocycles. The maximum absolute atomic E-state index is 12.6. The topological polar surface area (TPSA) is 32.8 Å². The molecule has 1 amide bonds. The first-order chi connectivity index (χ1) is 12.2. The summed E-state index contributed by atoms with van der Waals surface area (Å²) >= 11 is 5.91. The minimum atomic E-state index is 0.320. The van der Waals surface area contributed by atoms with Gasteiger partial charge in [0.1, 0.15) is 0 Å². The zero-order valence-corrected chi connectivity index (χ0v) is 15.7. The van der Waals surface area contributed by atoms with Crippen LogP contribution < -0.4 is 0 Å². The fraction of sp³-hybridized carbons (Fsp3) is 0.650. The second-order valence-electron chi connectivity index (χ2n) is 7.24. The molecule has 1 aromatic carbocycles. The van der Waals surface area contributed by atoms with E-state index in [-0.39, 0.29) is 0 Å². The third-order valence-corrected chi connectivity index (χ3v) is 5.51. The Morgan fingerprint density at radius 2 is 1.92 bits per heavy atom. The summed E-state index contributed by atoms with van der Waals surface area (Å²) in [7, 11) is 0. The Balaban J connectivity index is 1.39. The monoisotopic (exact) mass is 364 g/mol. The van der Waals surface area contributed by atoms with E-state index >= 15 is 0 Å². The van der Waals surface area contributed by atoms with E-state index in [0.29, 0.717) is 18.2 Å². The van der Waals surface area contributed by atoms with Crippen LogP contribution in [0.1, 0.15) is 31.2 Å². The summed E-state index contributed by atoms with van der Waals surface area (Å²) in [5, 5.41) is 0.763. The molecule has 2 aliphatic heterocycles. The van der Waals surface area contributed by atoms with Gasteiger partial charge in [-0.05, 0) is 49.3 Å². The van der Waals surface area contributed by atoms with Gasteiger partial charge in [0.25, 0.3) is 0 Å². The molecule has 25 heavy (non-hydrogen) atoms. The molecular weight excluding hydrogens is 336 g/mol. The van der Waals surface area contributed by atoms with Gasteiger partial charge in [0, 0.05) is 44.2 Å². The lowest BCUT2D eigenvalue weighted by molar-refractivity contribution is -0.133. The SMILES string of the molecule is O=C(CCCc1ccc(Cl)cc1)N1CCCC(CN2CCOCC2)C1. The number of ether oxygens (including phenoxy) is 1. The number of carbonyl (C=O) groups excluding carboxylic acids is 1. The number of aryl methyl sites for hydroxylation is 1. The van der Waals surface area contributed by atoms with Crippen molar-refractivity contribution < 1.29 is 9.53 Å². The highest BCUT2D eigenvalue weighted by Gasteiger charge is 2.25. The number of benzene rings is 1. The van der Waals surface area contributed by atoms with E-state index < -0.39 is 0 Å². The van der Waals surface area contributed by atoms with Gasteiger partial charge >= 0.3 is 0 Å². The summed E-state index contributed by atoms with van der Waals surface area (Å²) in [5.74, 6) is 0.938. The average Bonchev–Trinajstić information content (AvgIpc) is 2.64. The van der Waals surface area contributed by atoms with Crippen LogP contribution in [0.5, 0.6) is 0 Å². The van der Waals surface area contributed by atoms with E-state index in [2.05, 4.69) is 9.80 Å². The van der Waals surface area contributed by atoms with Crippen molar-refractivity contribution in [1.82, 2.24) is 9.80 Å². The molecule has 4 nitrogen and oxygen atoms in total. The number of piperidine rings is 1. The maximum atomic E-state index is 12.6. The molecule has 2 aliphatic rings. The fourth-order valence-electron chi connectivity index (χ4n) is 3.84. The quantitative estimate of drug-likeness (QED) is 0.776. The highest BCUT2D eigenvalue weighted by molar-refractivity contribution is 6.30. The molecule has 3 rings (SSSR count). The normalized spacial score (nSPS) is 22.1. The number of hydrogen-bond donors (Lipinski definition) is 0. The van der Waals surface area contributed by atoms with Gasteiger partial charge < -0.3 is 9.64 Å². The second kappa shape index (κ2) is 9.56. The summed E-state index contributed by atoms with van der Waals surface area (Å²) in [6, 6.07) is 7.93. The lowest BCUT2D eigenvalue weighted by Gasteiger charge is -2.36. The number of amides is 1. The summed E-state index contributed by atoms with van der Waals surface area (Å²) < 4.78 is 5.42. The van der Waals surface area contributed by atoms with Crippen LogP contribution in [-0.4, -0.2) is 61.6 Å². The molecule has 0 aromatic heterocycles. The van der Waals surface area contributed by atoms with Crippen LogP contribution >= 0.6 is 11.6 Å². The van der Waals surface area contributed by atoms with Gasteiger partial charge in [0.15, 0.2) is 0 Å². The van der Waals surface area contributed by atoms with Gasteiger partial charge in [-0.25, -0.2) is 0 Å². The third kappa shape index (κ3) is 5.98. The minimum Gasteiger partial charge on any atom is -0.379 e. The molecule has 5 heteroatoms. The van der Waals surface area contributed by atoms with E-state index in [1.54, 1.807) is 0 Å². The second-order valence-corrected chi connectivity index (χ2v) is 7.68. The first-order valence-corrected chi connectivity index (χ1v) is 9.91. The number of hydrogen-bond acceptors (Lipinski definition) is 3. The Bertz CT molecular complexity index is 543. The molecule has 0 bridgehead atoms. The van der Waals surface area contributed by atoms with Crippen LogP contribution in [0.25, 0.3) is 0 Å². The van der Waals surface area contributed by atoms with E-state index in [9.17, 15) is 4.79 Å². The zero-order valence-electron chi connectivity index (χ0n) is 15.0. The highest BCUT2D eigenvalue weighted by Crippen LogP contribution is 2.20. The van der Waals surface area contributed by atoms with Crippen LogP contribution in [0.4, 0.5) is 0 Å². The van der Waals surface area contributed by atoms with E-state index in [1.807, 2.05) is 24.3 Å². The smallest absolute Gasteiger partial charge is 0.222 e. The Kier molecular flexibility index (Phi) is 7.14. The van der Waals surface area contributed by atoms with E-state index in [1.165, 1.54) is 12.0 Å². The summed E-state index contributed by atoms with van der Waals surface area (Å²) in [6.45, 7) is 6.73. The maximum Gasteiger partial charge on any atom is 0.222 e. The van der Waals surface area contributed by atoms with Crippen molar-refractivity contribution in [2.24, 2.45) is 5.92 Å². The van der Waals surface area contributed by atoms with Gasteiger partial charge in [0.2, 0.25) is 5.91 Å². The molecule has 1 unspecified atom stereocenters. The Labute approximate surface area is 156 Å². The molecule has 2 fully saturated rings. The predicted molar refractivity (Wildman–Crippen MR) is 101 cm³/mol. The van der Waals surface area contributed by atoms with Crippen LogP contribution in [0.2, 0.25) is 5.02 Å². The first-order valence-electron chi connectivity index (χ1n) is 9.53. The van der Waals surface area contributed by atoms with Gasteiger partial charge in [-0.15, -0.1) is 0 Å². The van der Waals surface area contributed by atoms with Crippen molar-refractivity contribution in [1.29, 1.82) is 0 Å². The van der Waals surface area contributed by atoms with E-state index in [4.69, 9.17) is 16.3 Å². The molecular formula is C20H29ClN2O2. The van der Waals surface area contributed by atoms with Gasteiger partial charge in [-0.2, -0.15) is 0 Å². The van der Waals surface area contributed by atoms with Crippen LogP contribution in [0.15, 0.2) is 24.3 Å². The lowest BCUT2D eigenvalue weighted by atomic mass is 9.96. The van der Waals surface area contributed by atoms with Crippen molar-refractivity contribution in [2.75, 3.05) is 45.9 Å². The fourth-order valence-corrected chi connectivity index (χ4v) is 3.97. The molecule has 1 atom stereocenters. The molecule has 2 saturated heterocycles. The predicted octanol–water partition coefficient (Wildman–Crippen LogP) is 3.23. The zero-order chi connectivity index (χ0) is 17.5. The van der Waals surface area contributed by atoms with Crippen molar-refractivity contribution in [3.05, 3.63) is 34.9 Å². The Hall–Kier alpha value is -1.10. The van der Waals surface area contributed by atoms with Crippen molar-refractivity contribution in [3.63, 3.8) is 0 Å². The Morgan fingerprint density at radius 3 is 2.68 bits per heavy atom. The van der Waals surface area contributed by atoms with E-state index in [0.717, 1.165) is 70.2 Å². The van der Waals surface area contributed by atoms with Gasteiger partial charge in [-0.1, -0.05) is 23.7 Å². The largest absolute Gasteiger partial charge is 0.379 e. The van der Waals surface area contributed by atoms with Crippen molar-refractivity contribution >= 4 is 17.5 Å². The van der Waals surface area contributed by atoms with Crippen molar-refractivity contribution in [3.8, 4) is 0 Å². The molecule has 1 aromatic rings. The number of morpholine rings is 1. The first kappa shape index (κ1) is 18.7. The molecule has 138 valence electrons. The highest BCUT2D eigenvalue weighted by atomic mass is 35.5. The number of halogens is 1. The molecule has 0 aliphatic carbocycles. The van der Waals surface area contributed by atoms with Crippen LogP contribution in [0, 0.1) is 5.92 Å². The number of likely N-dealkylation sites (tertiary alicyclic amines) is 1. The average molecular weight is 365 g/mol. The standard InChI is InChI=1S/C20H29ClN2O2/c21-19-8-6-17(7-9-19)3-1-5-20(24)23-10-2-4-18(16-23)15-22-11-13-25-14-12-22/h6-9,18H,1-5,10-16H2. The molecule has 0 N–H and O–H groups in total. The van der Waals surface area contributed by atoms with Crippen LogP contribution in [-0.2, 0) is 16.0 Å². The number of carbonyl (C=O) groups is 1. The summed E-state index contributed by atoms with van der Waals surface area (Å²) in [5.41, 5.74) is 1.25. The van der Waals surface area contributed by atoms with Gasteiger partial charge in [-0.3, -0.25) is 9.69 Å². The summed E-state index contributed by atoms with van der Waals surface area (Å²) in [4.78, 5) is 17.1. The molecule has 0 radical (unpaired) electrons. The molecule has 2 heterocycles. The molecule has 0 spiro atoms. The summed E-state index contributed by atoms with van der Waals surface area (Å²) in [6.07, 6.45) is 4.87. The number of nitrogens with zero attached hydrogens (tertiary/aromatic N) is 2. The number of rotatable bonds is 6.